The summed E-state index contributed by atoms with van der Waals surface area (Å²) in [6.45, 7) is 7.29. The smallest absolute Gasteiger partial charge is 0.140 e. The Kier molecular flexibility index (Phi) is 4.09. The Balaban J connectivity index is 2.27. The molecule has 0 aliphatic carbocycles. The van der Waals surface area contributed by atoms with E-state index in [1.54, 1.807) is 6.92 Å². The second kappa shape index (κ2) is 5.35. The molecule has 2 rings (SSSR count). The first-order valence-corrected chi connectivity index (χ1v) is 7.40. The van der Waals surface area contributed by atoms with Crippen molar-refractivity contribution in [2.24, 2.45) is 0 Å². The number of fused-ring (bicyclic) bond motifs is 1. The van der Waals surface area contributed by atoms with E-state index in [0.717, 1.165) is 12.1 Å². The van der Waals surface area contributed by atoms with E-state index in [4.69, 9.17) is 4.42 Å². The van der Waals surface area contributed by atoms with Crippen molar-refractivity contribution in [2.45, 2.75) is 38.5 Å². The molecule has 6 heteroatoms. The minimum atomic E-state index is -1.28. The third kappa shape index (κ3) is 3.13. The number of halogens is 2. The molecule has 0 aliphatic heterocycles. The number of rotatable bonds is 3. The highest BCUT2D eigenvalue weighted by molar-refractivity contribution is 7.90. The van der Waals surface area contributed by atoms with Gasteiger partial charge in [-0.05, 0) is 33.8 Å². The second-order valence-electron chi connectivity index (χ2n) is 5.67. The SMILES string of the molecule is CC(N[S@@+]([O-])C(C)(C)C)c1cc2c(F)cc(F)cc2o1. The molecule has 0 fully saturated rings. The van der Waals surface area contributed by atoms with Gasteiger partial charge in [-0.3, -0.25) is 0 Å². The summed E-state index contributed by atoms with van der Waals surface area (Å²) in [5.74, 6) is -0.934. The lowest BCUT2D eigenvalue weighted by atomic mass is 10.2. The monoisotopic (exact) mass is 301 g/mol. The molecule has 0 spiro atoms. The van der Waals surface area contributed by atoms with Crippen molar-refractivity contribution in [1.29, 1.82) is 0 Å². The zero-order valence-corrected chi connectivity index (χ0v) is 12.6. The fourth-order valence-corrected chi connectivity index (χ4v) is 2.48. The summed E-state index contributed by atoms with van der Waals surface area (Å²) in [6, 6.07) is 3.08. The molecular formula is C14H17F2NO2S. The van der Waals surface area contributed by atoms with Gasteiger partial charge < -0.3 is 8.97 Å². The molecule has 0 saturated heterocycles. The van der Waals surface area contributed by atoms with Gasteiger partial charge in [0.2, 0.25) is 0 Å². The maximum Gasteiger partial charge on any atom is 0.140 e. The number of furan rings is 1. The third-order valence-electron chi connectivity index (χ3n) is 2.84. The van der Waals surface area contributed by atoms with E-state index < -0.39 is 27.7 Å². The quantitative estimate of drug-likeness (QED) is 0.877. The molecule has 20 heavy (non-hydrogen) atoms. The van der Waals surface area contributed by atoms with Crippen LogP contribution in [0.3, 0.4) is 0 Å². The molecule has 2 aromatic rings. The summed E-state index contributed by atoms with van der Waals surface area (Å²) in [5, 5.41) is 0.219. The van der Waals surface area contributed by atoms with E-state index in [1.165, 1.54) is 6.07 Å². The summed E-state index contributed by atoms with van der Waals surface area (Å²) < 4.78 is 46.6. The molecule has 0 radical (unpaired) electrons. The van der Waals surface area contributed by atoms with Crippen LogP contribution in [0.15, 0.2) is 22.6 Å². The van der Waals surface area contributed by atoms with E-state index in [9.17, 15) is 13.3 Å². The van der Waals surface area contributed by atoms with Gasteiger partial charge in [-0.15, -0.1) is 4.72 Å². The van der Waals surface area contributed by atoms with Crippen molar-refractivity contribution in [3.05, 3.63) is 35.6 Å². The van der Waals surface area contributed by atoms with Crippen molar-refractivity contribution >= 4 is 22.3 Å². The highest BCUT2D eigenvalue weighted by Crippen LogP contribution is 2.28. The van der Waals surface area contributed by atoms with Crippen LogP contribution in [0.25, 0.3) is 11.0 Å². The van der Waals surface area contributed by atoms with Gasteiger partial charge in [0.1, 0.15) is 33.8 Å². The lowest BCUT2D eigenvalue weighted by Gasteiger charge is -2.25. The van der Waals surface area contributed by atoms with E-state index in [0.29, 0.717) is 5.76 Å². The first kappa shape index (κ1) is 15.3. The number of hydrogen-bond acceptors (Lipinski definition) is 3. The van der Waals surface area contributed by atoms with Crippen LogP contribution in [-0.4, -0.2) is 9.30 Å². The molecule has 1 heterocycles. The second-order valence-corrected chi connectivity index (χ2v) is 7.67. The minimum Gasteiger partial charge on any atom is -0.598 e. The van der Waals surface area contributed by atoms with Gasteiger partial charge >= 0.3 is 0 Å². The van der Waals surface area contributed by atoms with Crippen molar-refractivity contribution in [1.82, 2.24) is 4.72 Å². The summed E-state index contributed by atoms with van der Waals surface area (Å²) in [4.78, 5) is 0. The number of benzene rings is 1. The lowest BCUT2D eigenvalue weighted by Crippen LogP contribution is -2.40. The Hall–Kier alpha value is -1.11. The summed E-state index contributed by atoms with van der Waals surface area (Å²) >= 11 is -1.28. The van der Waals surface area contributed by atoms with E-state index in [2.05, 4.69) is 4.72 Å². The van der Waals surface area contributed by atoms with Crippen LogP contribution >= 0.6 is 0 Å². The number of hydrogen-bond donors (Lipinski definition) is 1. The molecule has 110 valence electrons. The van der Waals surface area contributed by atoms with Crippen LogP contribution in [0, 0.1) is 11.6 Å². The lowest BCUT2D eigenvalue weighted by molar-refractivity contribution is 0.474. The zero-order valence-electron chi connectivity index (χ0n) is 11.8. The average Bonchev–Trinajstić information content (AvgIpc) is 2.71. The molecule has 0 bridgehead atoms. The maximum absolute atomic E-state index is 13.6. The molecule has 1 N–H and O–H groups in total. The normalized spacial score (nSPS) is 15.6. The van der Waals surface area contributed by atoms with Gasteiger partial charge in [-0.25, -0.2) is 8.78 Å². The number of nitrogens with one attached hydrogen (secondary N) is 1. The van der Waals surface area contributed by atoms with Gasteiger partial charge in [0.25, 0.3) is 0 Å². The van der Waals surface area contributed by atoms with Crippen LogP contribution in [0.5, 0.6) is 0 Å². The minimum absolute atomic E-state index is 0.146. The average molecular weight is 301 g/mol. The highest BCUT2D eigenvalue weighted by Gasteiger charge is 2.29. The molecular weight excluding hydrogens is 284 g/mol. The van der Waals surface area contributed by atoms with E-state index >= 15 is 0 Å². The van der Waals surface area contributed by atoms with Crippen LogP contribution in [0.4, 0.5) is 8.78 Å². The van der Waals surface area contributed by atoms with Crippen LogP contribution in [-0.2, 0) is 11.4 Å². The summed E-state index contributed by atoms with van der Waals surface area (Å²) in [7, 11) is 0. The Labute approximate surface area is 119 Å². The van der Waals surface area contributed by atoms with Crippen LogP contribution in [0.2, 0.25) is 0 Å². The molecule has 0 saturated carbocycles. The van der Waals surface area contributed by atoms with Gasteiger partial charge in [0.05, 0.1) is 5.39 Å². The summed E-state index contributed by atoms with van der Waals surface area (Å²) in [5.41, 5.74) is 0.146. The fourth-order valence-electron chi connectivity index (χ4n) is 1.69. The first-order valence-electron chi connectivity index (χ1n) is 6.25. The predicted octanol–water partition coefficient (Wildman–Crippen LogP) is 3.82. The molecule has 1 aromatic heterocycles. The predicted molar refractivity (Wildman–Crippen MR) is 75.6 cm³/mol. The van der Waals surface area contributed by atoms with Crippen molar-refractivity contribution in [3.63, 3.8) is 0 Å². The van der Waals surface area contributed by atoms with Gasteiger partial charge in [-0.2, -0.15) is 0 Å². The molecule has 1 aromatic carbocycles. The summed E-state index contributed by atoms with van der Waals surface area (Å²) in [6.07, 6.45) is 0. The standard InChI is InChI=1S/C14H17F2NO2S/c1-8(17-20(18)14(2,3)4)12-7-10-11(16)5-9(15)6-13(10)19-12/h5-8,17H,1-4H3/t8?,20-/m0/s1. The van der Waals surface area contributed by atoms with Crippen LogP contribution < -0.4 is 4.72 Å². The maximum atomic E-state index is 13.6. The van der Waals surface area contributed by atoms with Gasteiger partial charge in [0.15, 0.2) is 0 Å². The van der Waals surface area contributed by atoms with Crippen molar-refractivity contribution in [3.8, 4) is 0 Å². The third-order valence-corrected chi connectivity index (χ3v) is 4.52. The van der Waals surface area contributed by atoms with Crippen molar-refractivity contribution < 1.29 is 17.8 Å². The van der Waals surface area contributed by atoms with Crippen molar-refractivity contribution in [2.75, 3.05) is 0 Å². The Bertz CT molecular complexity index is 621. The Morgan fingerprint density at radius 1 is 1.25 bits per heavy atom. The van der Waals surface area contributed by atoms with Gasteiger partial charge in [0, 0.05) is 23.5 Å². The Morgan fingerprint density at radius 2 is 1.90 bits per heavy atom. The largest absolute Gasteiger partial charge is 0.598 e. The first-order chi connectivity index (χ1) is 9.18. The molecule has 1 unspecified atom stereocenters. The zero-order chi connectivity index (χ0) is 15.1. The Morgan fingerprint density at radius 3 is 2.50 bits per heavy atom. The molecule has 3 nitrogen and oxygen atoms in total. The van der Waals surface area contributed by atoms with Crippen LogP contribution in [0.1, 0.15) is 39.5 Å². The fraction of sp³-hybridized carbons (Fsp3) is 0.429. The molecule has 2 atom stereocenters. The molecule has 0 amide bonds. The highest BCUT2D eigenvalue weighted by atomic mass is 32.2. The van der Waals surface area contributed by atoms with E-state index in [-0.39, 0.29) is 17.0 Å². The molecule has 0 aliphatic rings. The van der Waals surface area contributed by atoms with Gasteiger partial charge in [-0.1, -0.05) is 0 Å². The topological polar surface area (TPSA) is 48.2 Å². The van der Waals surface area contributed by atoms with E-state index in [1.807, 2.05) is 20.8 Å².